The Morgan fingerprint density at radius 2 is 2.33 bits per heavy atom. The molecule has 0 unspecified atom stereocenters. The molecule has 0 radical (unpaired) electrons. The Hall–Kier alpha value is -2.20. The lowest BCUT2D eigenvalue weighted by molar-refractivity contribution is -0.125. The monoisotopic (exact) mass is 301 g/mol. The van der Waals surface area contributed by atoms with Gasteiger partial charge in [-0.1, -0.05) is 5.11 Å². The van der Waals surface area contributed by atoms with E-state index in [1.165, 1.54) is 0 Å². The zero-order valence-corrected chi connectivity index (χ0v) is 10.8. The lowest BCUT2D eigenvalue weighted by Gasteiger charge is -2.26. The molecule has 0 amide bonds. The number of hydrogen-bond donors (Lipinski definition) is 3. The molecule has 1 fully saturated rings. The van der Waals surface area contributed by atoms with Gasteiger partial charge in [0.1, 0.15) is 6.10 Å². The average Bonchev–Trinajstić information content (AvgIpc) is 2.61. The fourth-order valence-electron chi connectivity index (χ4n) is 2.20. The summed E-state index contributed by atoms with van der Waals surface area (Å²) in [5.74, 6) is 0. The fraction of sp³-hybridized carbons (Fsp3) is 0.600. The van der Waals surface area contributed by atoms with Crippen LogP contribution in [0.4, 0.5) is 4.39 Å². The van der Waals surface area contributed by atoms with Gasteiger partial charge in [-0.3, -0.25) is 14.3 Å². The first-order valence-electron chi connectivity index (χ1n) is 5.82. The third-order valence-electron chi connectivity index (χ3n) is 3.30. The van der Waals surface area contributed by atoms with Crippen LogP contribution in [0.25, 0.3) is 10.4 Å². The van der Waals surface area contributed by atoms with Crippen LogP contribution in [0.3, 0.4) is 0 Å². The normalized spacial score (nSPS) is 35.4. The van der Waals surface area contributed by atoms with Gasteiger partial charge in [-0.05, 0) is 12.5 Å². The summed E-state index contributed by atoms with van der Waals surface area (Å²) in [6.07, 6.45) is -2.75. The number of halogens is 1. The quantitative estimate of drug-likeness (QED) is 0.377. The first-order chi connectivity index (χ1) is 9.78. The van der Waals surface area contributed by atoms with E-state index in [1.807, 2.05) is 4.98 Å². The van der Waals surface area contributed by atoms with Gasteiger partial charge in [0.05, 0.1) is 6.61 Å². The van der Waals surface area contributed by atoms with Gasteiger partial charge in [-0.2, -0.15) is 0 Å². The summed E-state index contributed by atoms with van der Waals surface area (Å²) < 4.78 is 20.5. The van der Waals surface area contributed by atoms with E-state index in [2.05, 4.69) is 10.0 Å². The second-order valence-electron chi connectivity index (χ2n) is 4.73. The number of aromatic amines is 1. The number of azide groups is 1. The largest absolute Gasteiger partial charge is 0.393 e. The van der Waals surface area contributed by atoms with E-state index in [4.69, 9.17) is 10.3 Å². The zero-order chi connectivity index (χ0) is 15.8. The Morgan fingerprint density at radius 1 is 1.67 bits per heavy atom. The van der Waals surface area contributed by atoms with Crippen molar-refractivity contribution in [3.63, 3.8) is 0 Å². The van der Waals surface area contributed by atoms with Gasteiger partial charge in [0.15, 0.2) is 11.9 Å². The number of nitrogens with zero attached hydrogens (tertiary/aromatic N) is 4. The van der Waals surface area contributed by atoms with Crippen LogP contribution in [0.5, 0.6) is 0 Å². The lowest BCUT2D eigenvalue weighted by atomic mass is 9.95. The zero-order valence-electron chi connectivity index (χ0n) is 10.8. The standard InChI is InChI=1S/C10H12FN5O5/c1-9(11)6(19)10(4-17,14-15-12)21-7(9)16-3-2-5(18)13-8(16)20/h2-3,6-7,17,19H,4H2,1H3,(H,13,18,20)/t6-,7+,9+,10+/m0/s1. The van der Waals surface area contributed by atoms with Gasteiger partial charge in [0, 0.05) is 17.2 Å². The van der Waals surface area contributed by atoms with Gasteiger partial charge in [0.2, 0.25) is 5.72 Å². The van der Waals surface area contributed by atoms with Crippen molar-refractivity contribution < 1.29 is 19.3 Å². The molecule has 4 atom stereocenters. The summed E-state index contributed by atoms with van der Waals surface area (Å²) >= 11 is 0. The number of aliphatic hydroxyl groups excluding tert-OH is 2. The fourth-order valence-corrected chi connectivity index (χ4v) is 2.20. The van der Waals surface area contributed by atoms with E-state index in [0.717, 1.165) is 19.2 Å². The Bertz CT molecular complexity index is 708. The van der Waals surface area contributed by atoms with Crippen molar-refractivity contribution in [1.29, 1.82) is 0 Å². The molecule has 1 aromatic heterocycles. The predicted octanol–water partition coefficient (Wildman–Crippen LogP) is -0.847. The Kier molecular flexibility index (Phi) is 3.59. The molecular weight excluding hydrogens is 289 g/mol. The maximum Gasteiger partial charge on any atom is 0.330 e. The first-order valence-corrected chi connectivity index (χ1v) is 5.82. The third-order valence-corrected chi connectivity index (χ3v) is 3.30. The van der Waals surface area contributed by atoms with Crippen molar-refractivity contribution in [1.82, 2.24) is 9.55 Å². The van der Waals surface area contributed by atoms with E-state index in [9.17, 15) is 24.2 Å². The highest BCUT2D eigenvalue weighted by Gasteiger charge is 2.63. The molecule has 2 heterocycles. The highest BCUT2D eigenvalue weighted by atomic mass is 19.1. The molecule has 0 bridgehead atoms. The number of aromatic nitrogens is 2. The molecule has 0 aliphatic carbocycles. The molecule has 1 aliphatic rings. The van der Waals surface area contributed by atoms with Crippen molar-refractivity contribution in [2.24, 2.45) is 5.11 Å². The van der Waals surface area contributed by atoms with Crippen molar-refractivity contribution in [2.75, 3.05) is 6.61 Å². The third kappa shape index (κ3) is 2.21. The molecule has 114 valence electrons. The summed E-state index contributed by atoms with van der Waals surface area (Å²) in [5, 5.41) is 22.3. The molecule has 3 N–H and O–H groups in total. The van der Waals surface area contributed by atoms with Crippen LogP contribution in [0.2, 0.25) is 0 Å². The molecule has 10 nitrogen and oxygen atoms in total. The molecule has 2 rings (SSSR count). The molecule has 1 saturated heterocycles. The van der Waals surface area contributed by atoms with Gasteiger partial charge in [-0.25, -0.2) is 9.18 Å². The van der Waals surface area contributed by atoms with E-state index >= 15 is 0 Å². The van der Waals surface area contributed by atoms with E-state index in [0.29, 0.717) is 4.57 Å². The van der Waals surface area contributed by atoms with Crippen molar-refractivity contribution >= 4 is 0 Å². The van der Waals surface area contributed by atoms with Crippen LogP contribution in [0, 0.1) is 0 Å². The summed E-state index contributed by atoms with van der Waals surface area (Å²) in [4.78, 5) is 27.0. The van der Waals surface area contributed by atoms with Crippen molar-refractivity contribution in [3.05, 3.63) is 43.5 Å². The van der Waals surface area contributed by atoms with E-state index < -0.39 is 41.6 Å². The smallest absolute Gasteiger partial charge is 0.330 e. The SMILES string of the molecule is C[C@]1(F)[C@H](n2ccc(=O)[nH]c2=O)O[C@@](CO)(N=[N+]=[N-])[C@H]1O. The summed E-state index contributed by atoms with van der Waals surface area (Å²) in [6.45, 7) is -0.0729. The van der Waals surface area contributed by atoms with Crippen LogP contribution < -0.4 is 11.2 Å². The number of hydrogen-bond acceptors (Lipinski definition) is 6. The van der Waals surface area contributed by atoms with Crippen LogP contribution in [0.1, 0.15) is 13.2 Å². The molecule has 21 heavy (non-hydrogen) atoms. The number of H-pyrrole nitrogens is 1. The number of ether oxygens (including phenoxy) is 1. The van der Waals surface area contributed by atoms with Crippen molar-refractivity contribution in [2.45, 2.75) is 30.6 Å². The van der Waals surface area contributed by atoms with Crippen LogP contribution >= 0.6 is 0 Å². The summed E-state index contributed by atoms with van der Waals surface area (Å²) in [7, 11) is 0. The minimum absolute atomic E-state index is 0.689. The Labute approximate surface area is 116 Å². The topological polar surface area (TPSA) is 153 Å². The molecular formula is C10H12FN5O5. The van der Waals surface area contributed by atoms with Gasteiger partial charge < -0.3 is 14.9 Å². The summed E-state index contributed by atoms with van der Waals surface area (Å²) in [6, 6.07) is 0.958. The summed E-state index contributed by atoms with van der Waals surface area (Å²) in [5.41, 5.74) is 1.99. The second-order valence-corrected chi connectivity index (χ2v) is 4.73. The van der Waals surface area contributed by atoms with Crippen molar-refractivity contribution in [3.8, 4) is 0 Å². The van der Waals surface area contributed by atoms with Gasteiger partial charge >= 0.3 is 5.69 Å². The molecule has 11 heteroatoms. The molecule has 0 aromatic carbocycles. The van der Waals surface area contributed by atoms with Gasteiger partial charge in [-0.15, -0.1) is 0 Å². The van der Waals surface area contributed by atoms with Crippen LogP contribution in [-0.4, -0.2) is 43.9 Å². The number of nitrogens with one attached hydrogen (secondary N) is 1. The first kappa shape index (κ1) is 15.2. The number of alkyl halides is 1. The number of aliphatic hydroxyl groups is 2. The predicted molar refractivity (Wildman–Crippen MR) is 65.9 cm³/mol. The van der Waals surface area contributed by atoms with Crippen LogP contribution in [0.15, 0.2) is 27.0 Å². The highest BCUT2D eigenvalue weighted by Crippen LogP contribution is 2.46. The van der Waals surface area contributed by atoms with Gasteiger partial charge in [0.25, 0.3) is 5.56 Å². The maximum atomic E-state index is 14.7. The Morgan fingerprint density at radius 3 is 2.86 bits per heavy atom. The Balaban J connectivity index is 2.58. The second kappa shape index (κ2) is 4.97. The highest BCUT2D eigenvalue weighted by molar-refractivity contribution is 5.07. The number of rotatable bonds is 3. The molecule has 1 aromatic rings. The maximum absolute atomic E-state index is 14.7. The molecule has 0 saturated carbocycles. The average molecular weight is 301 g/mol. The molecule has 0 spiro atoms. The van der Waals surface area contributed by atoms with Crippen LogP contribution in [-0.2, 0) is 4.74 Å². The molecule has 1 aliphatic heterocycles. The minimum atomic E-state index is -2.56. The van der Waals surface area contributed by atoms with E-state index in [1.54, 1.807) is 0 Å². The lowest BCUT2D eigenvalue weighted by Crippen LogP contribution is -2.48. The van der Waals surface area contributed by atoms with E-state index in [-0.39, 0.29) is 0 Å². The minimum Gasteiger partial charge on any atom is -0.393 e.